The summed E-state index contributed by atoms with van der Waals surface area (Å²) >= 11 is 1.67. The van der Waals surface area contributed by atoms with E-state index in [2.05, 4.69) is 6.07 Å². The molecule has 1 aromatic carbocycles. The van der Waals surface area contributed by atoms with Crippen LogP contribution in [0.1, 0.15) is 30.6 Å². The van der Waals surface area contributed by atoms with Crippen molar-refractivity contribution in [2.75, 3.05) is 12.0 Å². The molecule has 1 aliphatic rings. The Hall–Kier alpha value is -1.56. The number of methoxy groups -OCH3 is 1. The van der Waals surface area contributed by atoms with Gasteiger partial charge in [-0.05, 0) is 54.5 Å². The molecule has 1 heterocycles. The van der Waals surface area contributed by atoms with Gasteiger partial charge in [0.2, 0.25) is 5.91 Å². The van der Waals surface area contributed by atoms with Crippen LogP contribution in [0.3, 0.4) is 0 Å². The standard InChI is InChI=1S/C19H24N2O2S.ClH/c1-23-16-9-7-15(8-10-16)21(13-17-5-3-11-24-17)19(22)12-14-4-2-6-18(14)20;/h3,5,7-11,14,18H,2,4,6,12-13,20H2,1H3;1H/t14-,18+;/m0./s1. The van der Waals surface area contributed by atoms with Gasteiger partial charge in [-0.25, -0.2) is 0 Å². The Morgan fingerprint density at radius 1 is 1.28 bits per heavy atom. The lowest BCUT2D eigenvalue weighted by Crippen LogP contribution is -2.34. The first-order valence-corrected chi connectivity index (χ1v) is 9.27. The van der Waals surface area contributed by atoms with Gasteiger partial charge in [-0.2, -0.15) is 0 Å². The van der Waals surface area contributed by atoms with E-state index in [0.29, 0.717) is 18.9 Å². The molecule has 2 atom stereocenters. The monoisotopic (exact) mass is 380 g/mol. The van der Waals surface area contributed by atoms with Crippen molar-refractivity contribution in [3.63, 3.8) is 0 Å². The summed E-state index contributed by atoms with van der Waals surface area (Å²) in [4.78, 5) is 16.0. The molecule has 0 bridgehead atoms. The van der Waals surface area contributed by atoms with Gasteiger partial charge in [0, 0.05) is 23.0 Å². The van der Waals surface area contributed by atoms with Crippen LogP contribution < -0.4 is 15.4 Å². The summed E-state index contributed by atoms with van der Waals surface area (Å²) in [7, 11) is 1.64. The summed E-state index contributed by atoms with van der Waals surface area (Å²) in [5.74, 6) is 1.25. The van der Waals surface area contributed by atoms with E-state index in [-0.39, 0.29) is 24.4 Å². The van der Waals surface area contributed by atoms with E-state index in [0.717, 1.165) is 30.7 Å². The molecule has 0 spiro atoms. The van der Waals surface area contributed by atoms with Crippen LogP contribution >= 0.6 is 23.7 Å². The number of halogens is 1. The van der Waals surface area contributed by atoms with Crippen LogP contribution in [0.2, 0.25) is 0 Å². The molecule has 6 heteroatoms. The smallest absolute Gasteiger partial charge is 0.227 e. The zero-order valence-electron chi connectivity index (χ0n) is 14.4. The molecule has 1 aliphatic carbocycles. The van der Waals surface area contributed by atoms with Crippen molar-refractivity contribution in [3.05, 3.63) is 46.7 Å². The van der Waals surface area contributed by atoms with E-state index < -0.39 is 0 Å². The molecule has 1 amide bonds. The molecular weight excluding hydrogens is 356 g/mol. The Morgan fingerprint density at radius 3 is 2.60 bits per heavy atom. The van der Waals surface area contributed by atoms with Crippen molar-refractivity contribution < 1.29 is 9.53 Å². The van der Waals surface area contributed by atoms with Gasteiger partial charge in [-0.3, -0.25) is 4.79 Å². The summed E-state index contributed by atoms with van der Waals surface area (Å²) < 4.78 is 5.22. The Balaban J connectivity index is 0.00000225. The molecule has 2 aromatic rings. The van der Waals surface area contributed by atoms with Crippen LogP contribution in [0.4, 0.5) is 5.69 Å². The molecule has 136 valence electrons. The molecule has 1 saturated carbocycles. The van der Waals surface area contributed by atoms with Gasteiger partial charge < -0.3 is 15.4 Å². The zero-order valence-corrected chi connectivity index (χ0v) is 16.0. The van der Waals surface area contributed by atoms with E-state index in [9.17, 15) is 4.79 Å². The lowest BCUT2D eigenvalue weighted by atomic mass is 9.99. The van der Waals surface area contributed by atoms with Gasteiger partial charge in [-0.15, -0.1) is 23.7 Å². The number of benzene rings is 1. The minimum atomic E-state index is 0. The Kier molecular flexibility index (Phi) is 7.29. The number of hydrogen-bond donors (Lipinski definition) is 1. The summed E-state index contributed by atoms with van der Waals surface area (Å²) in [5.41, 5.74) is 7.06. The Bertz CT molecular complexity index is 661. The highest BCUT2D eigenvalue weighted by Gasteiger charge is 2.28. The number of rotatable bonds is 6. The van der Waals surface area contributed by atoms with Crippen LogP contribution in [0.25, 0.3) is 0 Å². The van der Waals surface area contributed by atoms with Crippen molar-refractivity contribution >= 4 is 35.3 Å². The van der Waals surface area contributed by atoms with Gasteiger partial charge in [0.15, 0.2) is 0 Å². The summed E-state index contributed by atoms with van der Waals surface area (Å²) in [6, 6.07) is 11.9. The van der Waals surface area contributed by atoms with Crippen LogP contribution in [-0.2, 0) is 11.3 Å². The molecule has 0 aliphatic heterocycles. The largest absolute Gasteiger partial charge is 0.497 e. The number of thiophene rings is 1. The molecule has 25 heavy (non-hydrogen) atoms. The molecule has 4 nitrogen and oxygen atoms in total. The van der Waals surface area contributed by atoms with Crippen molar-refractivity contribution in [2.24, 2.45) is 11.7 Å². The number of amides is 1. The first-order chi connectivity index (χ1) is 11.7. The maximum atomic E-state index is 13.0. The van der Waals surface area contributed by atoms with Crippen molar-refractivity contribution in [1.82, 2.24) is 0 Å². The van der Waals surface area contributed by atoms with Crippen LogP contribution in [0.15, 0.2) is 41.8 Å². The van der Waals surface area contributed by atoms with E-state index in [1.54, 1.807) is 18.4 Å². The van der Waals surface area contributed by atoms with E-state index in [1.807, 2.05) is 40.6 Å². The van der Waals surface area contributed by atoms with Gasteiger partial charge >= 0.3 is 0 Å². The fourth-order valence-electron chi connectivity index (χ4n) is 3.30. The molecule has 1 aromatic heterocycles. The average molecular weight is 381 g/mol. The summed E-state index contributed by atoms with van der Waals surface area (Å²) in [6.07, 6.45) is 3.75. The van der Waals surface area contributed by atoms with Gasteiger partial charge in [0.25, 0.3) is 0 Å². The van der Waals surface area contributed by atoms with Gasteiger partial charge in [0.05, 0.1) is 13.7 Å². The number of carbonyl (C=O) groups is 1. The summed E-state index contributed by atoms with van der Waals surface area (Å²) in [6.45, 7) is 0.602. The van der Waals surface area contributed by atoms with Crippen LogP contribution in [-0.4, -0.2) is 19.1 Å². The highest BCUT2D eigenvalue weighted by Crippen LogP contribution is 2.30. The number of nitrogens with zero attached hydrogens (tertiary/aromatic N) is 1. The predicted molar refractivity (Wildman–Crippen MR) is 106 cm³/mol. The predicted octanol–water partition coefficient (Wildman–Crippen LogP) is 4.23. The number of nitrogens with two attached hydrogens (primary N) is 1. The molecule has 0 radical (unpaired) electrons. The third kappa shape index (κ3) is 4.97. The highest BCUT2D eigenvalue weighted by atomic mass is 35.5. The zero-order chi connectivity index (χ0) is 16.9. The minimum absolute atomic E-state index is 0. The normalized spacial score (nSPS) is 19.3. The molecular formula is C19H25ClN2O2S. The average Bonchev–Trinajstić information content (AvgIpc) is 3.25. The maximum absolute atomic E-state index is 13.0. The summed E-state index contributed by atoms with van der Waals surface area (Å²) in [5, 5.41) is 2.04. The Morgan fingerprint density at radius 2 is 2.04 bits per heavy atom. The molecule has 0 unspecified atom stereocenters. The fraction of sp³-hybridized carbons (Fsp3) is 0.421. The fourth-order valence-corrected chi connectivity index (χ4v) is 3.99. The second kappa shape index (κ2) is 9.22. The minimum Gasteiger partial charge on any atom is -0.497 e. The SMILES string of the molecule is COc1ccc(N(Cc2cccs2)C(=O)C[C@@H]2CCC[C@H]2N)cc1.Cl. The quantitative estimate of drug-likeness (QED) is 0.815. The van der Waals surface area contributed by atoms with E-state index in [4.69, 9.17) is 10.5 Å². The maximum Gasteiger partial charge on any atom is 0.227 e. The third-order valence-corrected chi connectivity index (χ3v) is 5.60. The Labute approximate surface area is 159 Å². The van der Waals surface area contributed by atoms with Crippen molar-refractivity contribution in [2.45, 2.75) is 38.3 Å². The molecule has 0 saturated heterocycles. The topological polar surface area (TPSA) is 55.6 Å². The lowest BCUT2D eigenvalue weighted by molar-refractivity contribution is -0.119. The molecule has 3 rings (SSSR count). The van der Waals surface area contributed by atoms with E-state index >= 15 is 0 Å². The van der Waals surface area contributed by atoms with Crippen molar-refractivity contribution in [1.29, 1.82) is 0 Å². The lowest BCUT2D eigenvalue weighted by Gasteiger charge is -2.25. The van der Waals surface area contributed by atoms with Crippen molar-refractivity contribution in [3.8, 4) is 5.75 Å². The number of anilines is 1. The first-order valence-electron chi connectivity index (χ1n) is 8.39. The van der Waals surface area contributed by atoms with Gasteiger partial charge in [0.1, 0.15) is 5.75 Å². The second-order valence-electron chi connectivity index (χ2n) is 6.32. The molecule has 2 N–H and O–H groups in total. The second-order valence-corrected chi connectivity index (χ2v) is 7.35. The first kappa shape index (κ1) is 19.8. The van der Waals surface area contributed by atoms with Crippen LogP contribution in [0, 0.1) is 5.92 Å². The van der Waals surface area contributed by atoms with E-state index in [1.165, 1.54) is 4.88 Å². The molecule has 1 fully saturated rings. The highest BCUT2D eigenvalue weighted by molar-refractivity contribution is 7.09. The number of carbonyl (C=O) groups excluding carboxylic acids is 1. The number of ether oxygens (including phenoxy) is 1. The number of hydrogen-bond acceptors (Lipinski definition) is 4. The van der Waals surface area contributed by atoms with Crippen LogP contribution in [0.5, 0.6) is 5.75 Å². The van der Waals surface area contributed by atoms with Gasteiger partial charge in [-0.1, -0.05) is 12.5 Å². The third-order valence-electron chi connectivity index (χ3n) is 4.73.